The zero-order chi connectivity index (χ0) is 21.4. The molecule has 1 unspecified atom stereocenters. The van der Waals surface area contributed by atoms with Crippen molar-refractivity contribution in [2.75, 3.05) is 0 Å². The summed E-state index contributed by atoms with van der Waals surface area (Å²) in [7, 11) is 0. The first-order chi connectivity index (χ1) is 15.2. The SMILES string of the molecule is CCn1nc(-c2ccncn2)c2c1OC(N)=C(C#N)C2c1ccc(-n2ccnc2)cc1. The lowest BCUT2D eigenvalue weighted by Gasteiger charge is -2.25. The number of ether oxygens (including phenoxy) is 1. The molecule has 9 nitrogen and oxygen atoms in total. The summed E-state index contributed by atoms with van der Waals surface area (Å²) in [6.07, 6.45) is 8.47. The molecular weight excluding hydrogens is 392 g/mol. The van der Waals surface area contributed by atoms with Gasteiger partial charge in [-0.2, -0.15) is 10.4 Å². The van der Waals surface area contributed by atoms with E-state index in [-0.39, 0.29) is 5.88 Å². The molecule has 0 saturated carbocycles. The van der Waals surface area contributed by atoms with E-state index in [0.29, 0.717) is 29.4 Å². The van der Waals surface area contributed by atoms with Crippen molar-refractivity contribution in [3.05, 3.63) is 84.2 Å². The number of hydrogen-bond acceptors (Lipinski definition) is 7. The van der Waals surface area contributed by atoms with Gasteiger partial charge in [-0.3, -0.25) is 0 Å². The molecule has 152 valence electrons. The number of fused-ring (bicyclic) bond motifs is 1. The van der Waals surface area contributed by atoms with Crippen LogP contribution >= 0.6 is 0 Å². The molecule has 4 heterocycles. The average molecular weight is 410 g/mol. The third kappa shape index (κ3) is 3.02. The molecule has 1 atom stereocenters. The highest BCUT2D eigenvalue weighted by molar-refractivity contribution is 5.68. The molecule has 0 fully saturated rings. The van der Waals surface area contributed by atoms with Gasteiger partial charge >= 0.3 is 0 Å². The topological polar surface area (TPSA) is 120 Å². The number of benzene rings is 1. The van der Waals surface area contributed by atoms with Crippen molar-refractivity contribution in [3.8, 4) is 29.0 Å². The van der Waals surface area contributed by atoms with Gasteiger partial charge in [0.1, 0.15) is 23.7 Å². The number of allylic oxidation sites excluding steroid dienone is 1. The summed E-state index contributed by atoms with van der Waals surface area (Å²) >= 11 is 0. The summed E-state index contributed by atoms with van der Waals surface area (Å²) in [4.78, 5) is 12.5. The lowest BCUT2D eigenvalue weighted by Crippen LogP contribution is -2.22. The number of hydrogen-bond donors (Lipinski definition) is 1. The van der Waals surface area contributed by atoms with Crippen molar-refractivity contribution in [2.24, 2.45) is 5.73 Å². The maximum Gasteiger partial charge on any atom is 0.224 e. The maximum atomic E-state index is 9.92. The van der Waals surface area contributed by atoms with E-state index in [0.717, 1.165) is 16.8 Å². The minimum absolute atomic E-state index is 0.0857. The number of rotatable bonds is 4. The van der Waals surface area contributed by atoms with E-state index in [4.69, 9.17) is 15.6 Å². The Morgan fingerprint density at radius 1 is 1.16 bits per heavy atom. The fourth-order valence-electron chi connectivity index (χ4n) is 3.81. The molecule has 9 heteroatoms. The van der Waals surface area contributed by atoms with Crippen LogP contribution in [-0.2, 0) is 6.54 Å². The number of nitrogens with zero attached hydrogens (tertiary/aromatic N) is 7. The van der Waals surface area contributed by atoms with Gasteiger partial charge in [0.05, 0.1) is 23.5 Å². The molecule has 0 aliphatic carbocycles. The van der Waals surface area contributed by atoms with E-state index in [2.05, 4.69) is 21.0 Å². The van der Waals surface area contributed by atoms with E-state index in [1.54, 1.807) is 29.5 Å². The summed E-state index contributed by atoms with van der Waals surface area (Å²) in [5.74, 6) is 0.176. The van der Waals surface area contributed by atoms with Crippen molar-refractivity contribution >= 4 is 0 Å². The minimum Gasteiger partial charge on any atom is -0.422 e. The van der Waals surface area contributed by atoms with Crippen LogP contribution in [-0.4, -0.2) is 29.3 Å². The average Bonchev–Trinajstić information content (AvgIpc) is 3.47. The third-order valence-electron chi connectivity index (χ3n) is 5.26. The Morgan fingerprint density at radius 2 is 2.00 bits per heavy atom. The van der Waals surface area contributed by atoms with Crippen molar-refractivity contribution in [2.45, 2.75) is 19.4 Å². The molecule has 1 aliphatic rings. The molecule has 1 aliphatic heterocycles. The Bertz CT molecular complexity index is 1300. The monoisotopic (exact) mass is 410 g/mol. The van der Waals surface area contributed by atoms with Crippen LogP contribution in [0.3, 0.4) is 0 Å². The van der Waals surface area contributed by atoms with E-state index < -0.39 is 5.92 Å². The summed E-state index contributed by atoms with van der Waals surface area (Å²) in [6.45, 7) is 2.55. The number of nitrogens with two attached hydrogens (primary N) is 1. The highest BCUT2D eigenvalue weighted by Gasteiger charge is 2.37. The number of aromatic nitrogens is 6. The summed E-state index contributed by atoms with van der Waals surface area (Å²) in [5, 5.41) is 14.6. The van der Waals surface area contributed by atoms with Crippen LogP contribution in [0.1, 0.15) is 24.0 Å². The second kappa shape index (κ2) is 7.42. The van der Waals surface area contributed by atoms with Crippen LogP contribution in [0, 0.1) is 11.3 Å². The summed E-state index contributed by atoms with van der Waals surface area (Å²) in [6, 6.07) is 11.9. The number of aryl methyl sites for hydroxylation is 1. The van der Waals surface area contributed by atoms with Gasteiger partial charge in [-0.25, -0.2) is 19.6 Å². The molecule has 0 bridgehead atoms. The van der Waals surface area contributed by atoms with Crippen molar-refractivity contribution in [1.29, 1.82) is 5.26 Å². The smallest absolute Gasteiger partial charge is 0.224 e. The maximum absolute atomic E-state index is 9.92. The third-order valence-corrected chi connectivity index (χ3v) is 5.26. The van der Waals surface area contributed by atoms with Gasteiger partial charge < -0.3 is 15.0 Å². The summed E-state index contributed by atoms with van der Waals surface area (Å²) < 4.78 is 9.52. The lowest BCUT2D eigenvalue weighted by molar-refractivity contribution is 0.350. The predicted octanol–water partition coefficient (Wildman–Crippen LogP) is 2.76. The zero-order valence-electron chi connectivity index (χ0n) is 16.7. The molecule has 1 aromatic carbocycles. The first-order valence-electron chi connectivity index (χ1n) is 9.74. The van der Waals surface area contributed by atoms with Crippen LogP contribution in [0.4, 0.5) is 0 Å². The van der Waals surface area contributed by atoms with Crippen molar-refractivity contribution in [3.63, 3.8) is 0 Å². The van der Waals surface area contributed by atoms with Crippen LogP contribution in [0.5, 0.6) is 5.88 Å². The summed E-state index contributed by atoms with van der Waals surface area (Å²) in [5.41, 5.74) is 10.4. The van der Waals surface area contributed by atoms with Gasteiger partial charge in [0.15, 0.2) is 0 Å². The normalized spacial score (nSPS) is 15.3. The highest BCUT2D eigenvalue weighted by Crippen LogP contribution is 2.46. The standard InChI is InChI=1S/C22H18N8O/c1-2-30-22-19(20(28-30)17-7-8-25-12-27-17)18(16(11-23)21(24)31-22)14-3-5-15(6-4-14)29-10-9-26-13-29/h3-10,12-13,18H,2,24H2,1H3. The van der Waals surface area contributed by atoms with Crippen molar-refractivity contribution in [1.82, 2.24) is 29.3 Å². The predicted molar refractivity (Wildman–Crippen MR) is 112 cm³/mol. The van der Waals surface area contributed by atoms with Crippen LogP contribution in [0.25, 0.3) is 17.1 Å². The fourth-order valence-corrected chi connectivity index (χ4v) is 3.81. The molecule has 2 N–H and O–H groups in total. The van der Waals surface area contributed by atoms with Gasteiger partial charge in [-0.15, -0.1) is 0 Å². The quantitative estimate of drug-likeness (QED) is 0.549. The molecule has 5 rings (SSSR count). The van der Waals surface area contributed by atoms with Crippen LogP contribution < -0.4 is 10.5 Å². The Labute approximate surface area is 178 Å². The molecule has 3 aromatic heterocycles. The molecule has 0 amide bonds. The Hall–Kier alpha value is -4.45. The van der Waals surface area contributed by atoms with E-state index in [1.165, 1.54) is 6.33 Å². The highest BCUT2D eigenvalue weighted by atomic mass is 16.5. The van der Waals surface area contributed by atoms with Gasteiger partial charge in [0, 0.05) is 30.8 Å². The molecule has 31 heavy (non-hydrogen) atoms. The van der Waals surface area contributed by atoms with Crippen LogP contribution in [0.15, 0.2) is 73.0 Å². The molecule has 0 saturated heterocycles. The lowest BCUT2D eigenvalue weighted by atomic mass is 9.83. The Kier molecular flexibility index (Phi) is 4.45. The van der Waals surface area contributed by atoms with E-state index in [1.807, 2.05) is 42.0 Å². The number of imidazole rings is 1. The molecular formula is C22H18N8O. The van der Waals surface area contributed by atoms with Gasteiger partial charge in [0.2, 0.25) is 11.8 Å². The molecule has 4 aromatic rings. The second-order valence-electron chi connectivity index (χ2n) is 6.96. The molecule has 0 radical (unpaired) electrons. The van der Waals surface area contributed by atoms with E-state index >= 15 is 0 Å². The van der Waals surface area contributed by atoms with Crippen LogP contribution in [0.2, 0.25) is 0 Å². The first kappa shape index (κ1) is 18.6. The zero-order valence-corrected chi connectivity index (χ0v) is 16.7. The van der Waals surface area contributed by atoms with Gasteiger partial charge in [0.25, 0.3) is 0 Å². The fraction of sp³-hybridized carbons (Fsp3) is 0.136. The molecule has 0 spiro atoms. The van der Waals surface area contributed by atoms with Crippen molar-refractivity contribution < 1.29 is 4.74 Å². The second-order valence-corrected chi connectivity index (χ2v) is 6.96. The Balaban J connectivity index is 1.70. The van der Waals surface area contributed by atoms with E-state index in [9.17, 15) is 5.26 Å². The first-order valence-corrected chi connectivity index (χ1v) is 9.74. The number of nitriles is 1. The van der Waals surface area contributed by atoms with Gasteiger partial charge in [-0.05, 0) is 30.7 Å². The largest absolute Gasteiger partial charge is 0.422 e. The Morgan fingerprint density at radius 3 is 2.65 bits per heavy atom. The minimum atomic E-state index is -0.434. The van der Waals surface area contributed by atoms with Gasteiger partial charge in [-0.1, -0.05) is 12.1 Å².